The summed E-state index contributed by atoms with van der Waals surface area (Å²) in [7, 11) is 2.00. The number of halogens is 1. The number of nitrogens with zero attached hydrogens (tertiary/aromatic N) is 4. The van der Waals surface area contributed by atoms with Crippen LogP contribution in [0.3, 0.4) is 0 Å². The summed E-state index contributed by atoms with van der Waals surface area (Å²) < 4.78 is 1.66. The maximum Gasteiger partial charge on any atom is 0.389 e. The van der Waals surface area contributed by atoms with E-state index in [-0.39, 0.29) is 18.2 Å². The van der Waals surface area contributed by atoms with Crippen molar-refractivity contribution >= 4 is 18.2 Å². The van der Waals surface area contributed by atoms with Gasteiger partial charge >= 0.3 is 5.82 Å². The molecule has 1 aromatic rings. The van der Waals surface area contributed by atoms with E-state index in [1.165, 1.54) is 25.3 Å². The first-order valence-corrected chi connectivity index (χ1v) is 7.24. The van der Waals surface area contributed by atoms with E-state index in [9.17, 15) is 10.1 Å². The summed E-state index contributed by atoms with van der Waals surface area (Å²) in [5.41, 5.74) is 0. The minimum atomic E-state index is -0.455. The maximum atomic E-state index is 10.6. The summed E-state index contributed by atoms with van der Waals surface area (Å²) in [6.45, 7) is 4.98. The van der Waals surface area contributed by atoms with E-state index in [1.807, 2.05) is 7.05 Å². The Kier molecular flexibility index (Phi) is 7.63. The Balaban J connectivity index is 0.00000220. The van der Waals surface area contributed by atoms with E-state index in [1.54, 1.807) is 10.9 Å². The van der Waals surface area contributed by atoms with Crippen LogP contribution in [0.2, 0.25) is 0 Å². The molecule has 0 atom stereocenters. The Bertz CT molecular complexity index is 432. The van der Waals surface area contributed by atoms with Crippen LogP contribution >= 0.6 is 12.4 Å². The third-order valence-corrected chi connectivity index (χ3v) is 3.97. The number of nitro groups is 1. The molecule has 1 aromatic heterocycles. The Morgan fingerprint density at radius 1 is 1.43 bits per heavy atom. The van der Waals surface area contributed by atoms with Gasteiger partial charge in [-0.1, -0.05) is 0 Å². The average molecular weight is 318 g/mol. The molecule has 1 aliphatic rings. The van der Waals surface area contributed by atoms with Gasteiger partial charge in [0.05, 0.1) is 23.9 Å². The highest BCUT2D eigenvalue weighted by molar-refractivity contribution is 5.85. The zero-order chi connectivity index (χ0) is 14.4. The Labute approximate surface area is 131 Å². The molecule has 0 unspecified atom stereocenters. The van der Waals surface area contributed by atoms with Crippen LogP contribution in [-0.2, 0) is 6.54 Å². The van der Waals surface area contributed by atoms with Crippen molar-refractivity contribution in [3.63, 3.8) is 0 Å². The largest absolute Gasteiger partial charge is 0.389 e. The lowest BCUT2D eigenvalue weighted by atomic mass is 9.93. The summed E-state index contributed by atoms with van der Waals surface area (Å²) in [4.78, 5) is 12.5. The van der Waals surface area contributed by atoms with Gasteiger partial charge in [0.25, 0.3) is 0 Å². The standard InChI is InChI=1S/C13H23N5O2.ClH/c1-14-6-2-12-3-7-16(8-4-12)10-11-17-9-5-13(15-17)18(19)20;/h5,9,12,14H,2-4,6-8,10-11H2,1H3;1H. The summed E-state index contributed by atoms with van der Waals surface area (Å²) in [6, 6.07) is 1.45. The van der Waals surface area contributed by atoms with Gasteiger partial charge in [-0.2, -0.15) is 4.68 Å². The number of hydrogen-bond acceptors (Lipinski definition) is 5. The van der Waals surface area contributed by atoms with Crippen molar-refractivity contribution in [3.8, 4) is 0 Å². The van der Waals surface area contributed by atoms with Crippen LogP contribution in [0.5, 0.6) is 0 Å². The minimum absolute atomic E-state index is 0. The predicted octanol–water partition coefficient (Wildman–Crippen LogP) is 1.53. The first kappa shape index (κ1) is 17.9. The summed E-state index contributed by atoms with van der Waals surface area (Å²) in [5, 5.41) is 17.7. The lowest BCUT2D eigenvalue weighted by Crippen LogP contribution is -2.36. The summed E-state index contributed by atoms with van der Waals surface area (Å²) in [6.07, 6.45) is 5.44. The highest BCUT2D eigenvalue weighted by atomic mass is 35.5. The van der Waals surface area contributed by atoms with Gasteiger partial charge in [-0.15, -0.1) is 12.4 Å². The number of likely N-dealkylation sites (tertiary alicyclic amines) is 1. The van der Waals surface area contributed by atoms with Crippen LogP contribution in [0.25, 0.3) is 0 Å². The van der Waals surface area contributed by atoms with Crippen molar-refractivity contribution in [1.82, 2.24) is 20.0 Å². The van der Waals surface area contributed by atoms with Crippen LogP contribution in [0.1, 0.15) is 19.3 Å². The average Bonchev–Trinajstić information content (AvgIpc) is 2.93. The molecule has 2 heterocycles. The van der Waals surface area contributed by atoms with Gasteiger partial charge in [0.2, 0.25) is 0 Å². The molecule has 0 amide bonds. The quantitative estimate of drug-likeness (QED) is 0.609. The number of rotatable bonds is 7. The summed E-state index contributed by atoms with van der Waals surface area (Å²) >= 11 is 0. The molecule has 2 rings (SSSR count). The Morgan fingerprint density at radius 2 is 2.14 bits per heavy atom. The molecule has 1 fully saturated rings. The Hall–Kier alpha value is -1.18. The third kappa shape index (κ3) is 5.61. The summed E-state index contributed by atoms with van der Waals surface area (Å²) in [5.74, 6) is 0.764. The van der Waals surface area contributed by atoms with Gasteiger partial charge < -0.3 is 20.3 Å². The smallest absolute Gasteiger partial charge is 0.358 e. The molecule has 0 bridgehead atoms. The molecule has 1 saturated heterocycles. The van der Waals surface area contributed by atoms with E-state index in [4.69, 9.17) is 0 Å². The van der Waals surface area contributed by atoms with E-state index >= 15 is 0 Å². The number of piperidine rings is 1. The molecule has 21 heavy (non-hydrogen) atoms. The molecule has 1 N–H and O–H groups in total. The van der Waals surface area contributed by atoms with Crippen molar-refractivity contribution in [2.75, 3.05) is 33.2 Å². The zero-order valence-electron chi connectivity index (χ0n) is 12.4. The fourth-order valence-electron chi connectivity index (χ4n) is 2.66. The van der Waals surface area contributed by atoms with Gasteiger partial charge in [-0.05, 0) is 56.8 Å². The SMILES string of the molecule is CNCCC1CCN(CCn2ccc([N+](=O)[O-])n2)CC1.Cl. The topological polar surface area (TPSA) is 76.2 Å². The van der Waals surface area contributed by atoms with Crippen LogP contribution in [-0.4, -0.2) is 52.8 Å². The zero-order valence-corrected chi connectivity index (χ0v) is 13.2. The van der Waals surface area contributed by atoms with Gasteiger partial charge in [-0.25, -0.2) is 0 Å². The van der Waals surface area contributed by atoms with E-state index in [2.05, 4.69) is 15.3 Å². The van der Waals surface area contributed by atoms with Crippen molar-refractivity contribution in [2.45, 2.75) is 25.8 Å². The van der Waals surface area contributed by atoms with Crippen molar-refractivity contribution < 1.29 is 4.92 Å². The van der Waals surface area contributed by atoms with Crippen LogP contribution in [0.15, 0.2) is 12.3 Å². The number of aromatic nitrogens is 2. The highest BCUT2D eigenvalue weighted by Gasteiger charge is 2.19. The van der Waals surface area contributed by atoms with E-state index in [0.29, 0.717) is 0 Å². The molecule has 0 aromatic carbocycles. The molecule has 120 valence electrons. The van der Waals surface area contributed by atoms with Gasteiger partial charge in [0.15, 0.2) is 0 Å². The molecule has 0 radical (unpaired) electrons. The van der Waals surface area contributed by atoms with Crippen molar-refractivity contribution in [1.29, 1.82) is 0 Å². The second-order valence-corrected chi connectivity index (χ2v) is 5.37. The molecule has 0 saturated carbocycles. The van der Waals surface area contributed by atoms with Crippen LogP contribution in [0.4, 0.5) is 5.82 Å². The second-order valence-electron chi connectivity index (χ2n) is 5.37. The molecule has 0 aliphatic carbocycles. The lowest BCUT2D eigenvalue weighted by Gasteiger charge is -2.31. The Morgan fingerprint density at radius 3 is 2.71 bits per heavy atom. The fraction of sp³-hybridized carbons (Fsp3) is 0.769. The predicted molar refractivity (Wildman–Crippen MR) is 83.8 cm³/mol. The molecule has 8 heteroatoms. The number of hydrogen-bond donors (Lipinski definition) is 1. The lowest BCUT2D eigenvalue weighted by molar-refractivity contribution is -0.389. The fourth-order valence-corrected chi connectivity index (χ4v) is 2.66. The second kappa shape index (κ2) is 8.96. The maximum absolute atomic E-state index is 10.6. The monoisotopic (exact) mass is 317 g/mol. The van der Waals surface area contributed by atoms with E-state index in [0.717, 1.165) is 38.6 Å². The van der Waals surface area contributed by atoms with Gasteiger partial charge in [0.1, 0.15) is 0 Å². The van der Waals surface area contributed by atoms with Gasteiger partial charge in [-0.3, -0.25) is 0 Å². The molecular weight excluding hydrogens is 294 g/mol. The third-order valence-electron chi connectivity index (χ3n) is 3.97. The number of nitrogens with one attached hydrogen (secondary N) is 1. The van der Waals surface area contributed by atoms with Crippen LogP contribution in [0, 0.1) is 16.0 Å². The van der Waals surface area contributed by atoms with Crippen molar-refractivity contribution in [2.24, 2.45) is 5.92 Å². The van der Waals surface area contributed by atoms with Crippen LogP contribution < -0.4 is 5.32 Å². The molecule has 7 nitrogen and oxygen atoms in total. The first-order chi connectivity index (χ1) is 9.69. The normalized spacial score (nSPS) is 16.6. The minimum Gasteiger partial charge on any atom is -0.358 e. The van der Waals surface area contributed by atoms with Crippen molar-refractivity contribution in [3.05, 3.63) is 22.4 Å². The van der Waals surface area contributed by atoms with E-state index < -0.39 is 4.92 Å². The molecule has 0 spiro atoms. The molecular formula is C13H24ClN5O2. The van der Waals surface area contributed by atoms with Gasteiger partial charge in [0, 0.05) is 6.54 Å². The first-order valence-electron chi connectivity index (χ1n) is 7.24. The highest BCUT2D eigenvalue weighted by Crippen LogP contribution is 2.19. The molecule has 1 aliphatic heterocycles.